The quantitative estimate of drug-likeness (QED) is 0.352. The summed E-state index contributed by atoms with van der Waals surface area (Å²) in [6, 6.07) is 11.8. The van der Waals surface area contributed by atoms with Crippen LogP contribution in [0, 0.1) is 20.8 Å². The van der Waals surface area contributed by atoms with Crippen molar-refractivity contribution in [1.82, 2.24) is 0 Å². The predicted octanol–water partition coefficient (Wildman–Crippen LogP) is 6.40. The lowest BCUT2D eigenvalue weighted by molar-refractivity contribution is 0.0527. The first-order valence-corrected chi connectivity index (χ1v) is 11.4. The molecule has 0 saturated carbocycles. The average Bonchev–Trinajstić information content (AvgIpc) is 3.06. The van der Waals surface area contributed by atoms with Crippen LogP contribution in [0.3, 0.4) is 0 Å². The van der Waals surface area contributed by atoms with Crippen LogP contribution >= 0.6 is 22.9 Å². The Labute approximate surface area is 201 Å². The second-order valence-electron chi connectivity index (χ2n) is 7.34. The summed E-state index contributed by atoms with van der Waals surface area (Å²) in [5, 5.41) is 8.89. The Morgan fingerprint density at radius 2 is 1.76 bits per heavy atom. The zero-order valence-corrected chi connectivity index (χ0v) is 20.2. The number of aryl methyl sites for hydroxylation is 2. The molecule has 172 valence electrons. The number of nitrogens with one attached hydrogen (secondary N) is 3. The van der Waals surface area contributed by atoms with E-state index in [1.807, 2.05) is 32.0 Å². The summed E-state index contributed by atoms with van der Waals surface area (Å²) in [7, 11) is 0. The van der Waals surface area contributed by atoms with Gasteiger partial charge in [-0.2, -0.15) is 0 Å². The normalized spacial score (nSPS) is 10.5. The smallest absolute Gasteiger partial charge is 0.341 e. The van der Waals surface area contributed by atoms with Gasteiger partial charge in [-0.3, -0.25) is 10.1 Å². The molecule has 3 aromatic rings. The van der Waals surface area contributed by atoms with Gasteiger partial charge in [-0.05, 0) is 63.1 Å². The number of benzene rings is 2. The third kappa shape index (κ3) is 5.91. The molecule has 3 rings (SSSR count). The lowest BCUT2D eigenvalue weighted by Gasteiger charge is -2.09. The number of anilines is 3. The Morgan fingerprint density at radius 1 is 1.00 bits per heavy atom. The van der Waals surface area contributed by atoms with E-state index >= 15 is 0 Å². The van der Waals surface area contributed by atoms with Gasteiger partial charge in [-0.25, -0.2) is 9.59 Å². The van der Waals surface area contributed by atoms with Crippen LogP contribution in [0.4, 0.5) is 21.2 Å². The molecule has 9 heteroatoms. The second kappa shape index (κ2) is 10.5. The zero-order chi connectivity index (χ0) is 24.1. The van der Waals surface area contributed by atoms with Crippen LogP contribution in [0.1, 0.15) is 43.6 Å². The lowest BCUT2D eigenvalue weighted by atomic mass is 10.1. The molecular weight excluding hydrogens is 462 g/mol. The van der Waals surface area contributed by atoms with Crippen molar-refractivity contribution in [3.8, 4) is 0 Å². The molecule has 0 atom stereocenters. The van der Waals surface area contributed by atoms with Gasteiger partial charge in [0.25, 0.3) is 5.91 Å². The van der Waals surface area contributed by atoms with Gasteiger partial charge >= 0.3 is 12.0 Å². The van der Waals surface area contributed by atoms with Gasteiger partial charge < -0.3 is 15.4 Å². The summed E-state index contributed by atoms with van der Waals surface area (Å²) in [6.45, 7) is 7.37. The molecule has 0 spiro atoms. The van der Waals surface area contributed by atoms with Crippen molar-refractivity contribution in [3.63, 3.8) is 0 Å². The predicted molar refractivity (Wildman–Crippen MR) is 133 cm³/mol. The van der Waals surface area contributed by atoms with Gasteiger partial charge in [0.2, 0.25) is 0 Å². The number of carbonyl (C=O) groups excluding carboxylic acids is 3. The molecule has 0 unspecified atom stereocenters. The first kappa shape index (κ1) is 24.3. The molecule has 7 nitrogen and oxygen atoms in total. The van der Waals surface area contributed by atoms with Crippen molar-refractivity contribution in [2.45, 2.75) is 27.7 Å². The largest absolute Gasteiger partial charge is 0.462 e. The number of rotatable bonds is 6. The molecule has 0 aliphatic rings. The van der Waals surface area contributed by atoms with Crippen LogP contribution in [0.15, 0.2) is 42.5 Å². The Balaban J connectivity index is 1.89. The number of halogens is 1. The van der Waals surface area contributed by atoms with E-state index in [1.54, 1.807) is 38.1 Å². The van der Waals surface area contributed by atoms with Crippen molar-refractivity contribution < 1.29 is 19.1 Å². The van der Waals surface area contributed by atoms with E-state index in [2.05, 4.69) is 16.0 Å². The molecule has 0 radical (unpaired) electrons. The summed E-state index contributed by atoms with van der Waals surface area (Å²) in [4.78, 5) is 38.5. The summed E-state index contributed by atoms with van der Waals surface area (Å²) < 4.78 is 5.16. The number of hydrogen-bond acceptors (Lipinski definition) is 5. The standard InChI is InChI=1S/C24H24ClN3O4S/c1-5-32-23(30)19-15(4)20(21(29)27-18-10-9-13(2)11-14(18)3)33-22(19)28-24(31)26-17-8-6-7-16(25)12-17/h6-12H,5H2,1-4H3,(H,27,29)(H2,26,28,31). The SMILES string of the molecule is CCOC(=O)c1c(NC(=O)Nc2cccc(Cl)c2)sc(C(=O)Nc2ccc(C)cc2C)c1C. The zero-order valence-electron chi connectivity index (χ0n) is 18.7. The van der Waals surface area contributed by atoms with Gasteiger partial charge in [0, 0.05) is 16.4 Å². The van der Waals surface area contributed by atoms with Crippen LogP contribution in [-0.4, -0.2) is 24.5 Å². The maximum atomic E-state index is 13.0. The topological polar surface area (TPSA) is 96.5 Å². The van der Waals surface area contributed by atoms with E-state index in [-0.39, 0.29) is 23.1 Å². The molecule has 0 fully saturated rings. The van der Waals surface area contributed by atoms with Crippen molar-refractivity contribution in [3.05, 3.63) is 74.6 Å². The van der Waals surface area contributed by atoms with Crippen LogP contribution in [0.5, 0.6) is 0 Å². The first-order chi connectivity index (χ1) is 15.7. The second-order valence-corrected chi connectivity index (χ2v) is 8.80. The van der Waals surface area contributed by atoms with Gasteiger partial charge in [0.1, 0.15) is 5.00 Å². The Kier molecular flexibility index (Phi) is 7.73. The van der Waals surface area contributed by atoms with Crippen LogP contribution in [-0.2, 0) is 4.74 Å². The summed E-state index contributed by atoms with van der Waals surface area (Å²) in [5.41, 5.74) is 3.73. The fourth-order valence-electron chi connectivity index (χ4n) is 3.23. The number of esters is 1. The average molecular weight is 486 g/mol. The molecule has 1 aromatic heterocycles. The fourth-order valence-corrected chi connectivity index (χ4v) is 4.51. The number of urea groups is 1. The highest BCUT2D eigenvalue weighted by Crippen LogP contribution is 2.35. The van der Waals surface area contributed by atoms with Crippen molar-refractivity contribution in [2.75, 3.05) is 22.6 Å². The fraction of sp³-hybridized carbons (Fsp3) is 0.208. The minimum absolute atomic E-state index is 0.147. The van der Waals surface area contributed by atoms with Gasteiger partial charge in [-0.15, -0.1) is 11.3 Å². The molecule has 0 aliphatic carbocycles. The molecule has 33 heavy (non-hydrogen) atoms. The first-order valence-electron chi connectivity index (χ1n) is 10.2. The molecule has 2 aromatic carbocycles. The van der Waals surface area contributed by atoms with Crippen molar-refractivity contribution >= 4 is 57.2 Å². The Hall–Kier alpha value is -3.36. The minimum Gasteiger partial charge on any atom is -0.462 e. The monoisotopic (exact) mass is 485 g/mol. The van der Waals surface area contributed by atoms with E-state index in [9.17, 15) is 14.4 Å². The number of thiophene rings is 1. The molecule has 0 bridgehead atoms. The maximum absolute atomic E-state index is 13.0. The number of carbonyl (C=O) groups is 3. The van der Waals surface area contributed by atoms with E-state index < -0.39 is 12.0 Å². The van der Waals surface area contributed by atoms with Crippen molar-refractivity contribution in [1.29, 1.82) is 0 Å². The highest BCUT2D eigenvalue weighted by Gasteiger charge is 2.27. The molecule has 1 heterocycles. The van der Waals surface area contributed by atoms with Gasteiger partial charge in [0.05, 0.1) is 17.0 Å². The molecule has 3 amide bonds. The van der Waals surface area contributed by atoms with Gasteiger partial charge in [0.15, 0.2) is 0 Å². The molecule has 0 aliphatic heterocycles. The molecular formula is C24H24ClN3O4S. The lowest BCUT2D eigenvalue weighted by Crippen LogP contribution is -2.20. The molecule has 0 saturated heterocycles. The number of amides is 3. The van der Waals surface area contributed by atoms with Crippen LogP contribution in [0.25, 0.3) is 0 Å². The summed E-state index contributed by atoms with van der Waals surface area (Å²) >= 11 is 6.97. The number of ether oxygens (including phenoxy) is 1. The van der Waals surface area contributed by atoms with E-state index in [4.69, 9.17) is 16.3 Å². The van der Waals surface area contributed by atoms with E-state index in [0.29, 0.717) is 26.8 Å². The Morgan fingerprint density at radius 3 is 2.42 bits per heavy atom. The van der Waals surface area contributed by atoms with E-state index in [0.717, 1.165) is 22.5 Å². The Bertz CT molecular complexity index is 1220. The molecule has 3 N–H and O–H groups in total. The maximum Gasteiger partial charge on any atom is 0.341 e. The third-order valence-corrected chi connectivity index (χ3v) is 6.21. The van der Waals surface area contributed by atoms with E-state index in [1.165, 1.54) is 0 Å². The number of hydrogen-bond donors (Lipinski definition) is 3. The summed E-state index contributed by atoms with van der Waals surface area (Å²) in [6.07, 6.45) is 0. The highest BCUT2D eigenvalue weighted by molar-refractivity contribution is 7.19. The van der Waals surface area contributed by atoms with Crippen LogP contribution < -0.4 is 16.0 Å². The third-order valence-electron chi connectivity index (χ3n) is 4.77. The van der Waals surface area contributed by atoms with Crippen LogP contribution in [0.2, 0.25) is 5.02 Å². The van der Waals surface area contributed by atoms with Gasteiger partial charge in [-0.1, -0.05) is 35.4 Å². The minimum atomic E-state index is -0.616. The highest BCUT2D eigenvalue weighted by atomic mass is 35.5. The summed E-state index contributed by atoms with van der Waals surface area (Å²) in [5.74, 6) is -0.992. The van der Waals surface area contributed by atoms with Crippen molar-refractivity contribution in [2.24, 2.45) is 0 Å².